The van der Waals surface area contributed by atoms with Gasteiger partial charge in [-0.2, -0.15) is 5.10 Å². The first-order valence-electron chi connectivity index (χ1n) is 10.0. The fourth-order valence-corrected chi connectivity index (χ4v) is 3.51. The molecule has 0 aliphatic carbocycles. The monoisotopic (exact) mass is 465 g/mol. The molecule has 0 atom stereocenters. The number of carbonyl (C=O) groups excluding carboxylic acids is 1. The average molecular weight is 466 g/mol. The van der Waals surface area contributed by atoms with Crippen LogP contribution >= 0.6 is 23.2 Å². The van der Waals surface area contributed by atoms with E-state index < -0.39 is 0 Å². The Morgan fingerprint density at radius 1 is 1.00 bits per heavy atom. The summed E-state index contributed by atoms with van der Waals surface area (Å²) in [5.41, 5.74) is 3.50. The molecular weight excluding hydrogens is 445 g/mol. The second kappa shape index (κ2) is 9.90. The predicted molar refractivity (Wildman–Crippen MR) is 128 cm³/mol. The second-order valence-corrected chi connectivity index (χ2v) is 8.18. The molecule has 7 heteroatoms. The zero-order chi connectivity index (χ0) is 22.5. The number of amides is 1. The van der Waals surface area contributed by atoms with Crippen molar-refractivity contribution in [2.24, 2.45) is 0 Å². The van der Waals surface area contributed by atoms with Gasteiger partial charge in [0.25, 0.3) is 5.91 Å². The van der Waals surface area contributed by atoms with Gasteiger partial charge in [0.05, 0.1) is 11.6 Å². The van der Waals surface area contributed by atoms with E-state index in [2.05, 4.69) is 10.4 Å². The number of hydrogen-bond acceptors (Lipinski definition) is 3. The van der Waals surface area contributed by atoms with Crippen LogP contribution in [0.1, 0.15) is 27.0 Å². The van der Waals surface area contributed by atoms with Gasteiger partial charge in [0, 0.05) is 22.8 Å². The van der Waals surface area contributed by atoms with Gasteiger partial charge >= 0.3 is 0 Å². The average Bonchev–Trinajstić information content (AvgIpc) is 3.23. The first-order valence-corrected chi connectivity index (χ1v) is 10.8. The summed E-state index contributed by atoms with van der Waals surface area (Å²) < 4.78 is 7.53. The molecule has 0 saturated heterocycles. The van der Waals surface area contributed by atoms with Crippen molar-refractivity contribution < 1.29 is 9.53 Å². The lowest BCUT2D eigenvalue weighted by atomic mass is 10.1. The summed E-state index contributed by atoms with van der Waals surface area (Å²) >= 11 is 12.4. The van der Waals surface area contributed by atoms with Gasteiger partial charge in [-0.15, -0.1) is 0 Å². The normalized spacial score (nSPS) is 10.7. The van der Waals surface area contributed by atoms with Gasteiger partial charge in [0.15, 0.2) is 5.82 Å². The lowest BCUT2D eigenvalue weighted by Crippen LogP contribution is -2.13. The molecule has 0 spiro atoms. The molecule has 4 rings (SSSR count). The Bertz CT molecular complexity index is 1240. The molecule has 3 aromatic carbocycles. The van der Waals surface area contributed by atoms with Gasteiger partial charge in [-0.25, -0.2) is 0 Å². The van der Waals surface area contributed by atoms with Crippen molar-refractivity contribution in [3.8, 4) is 5.75 Å². The van der Waals surface area contributed by atoms with E-state index in [-0.39, 0.29) is 5.91 Å². The zero-order valence-corrected chi connectivity index (χ0v) is 18.9. The topological polar surface area (TPSA) is 56.1 Å². The summed E-state index contributed by atoms with van der Waals surface area (Å²) in [6, 6.07) is 22.2. The first-order chi connectivity index (χ1) is 15.5. The highest BCUT2D eigenvalue weighted by Gasteiger charge is 2.10. The maximum absolute atomic E-state index is 12.6. The molecule has 1 aromatic heterocycles. The van der Waals surface area contributed by atoms with Gasteiger partial charge in [-0.1, -0.05) is 59.6 Å². The van der Waals surface area contributed by atoms with Gasteiger partial charge in [-0.05, 0) is 53.9 Å². The van der Waals surface area contributed by atoms with Crippen LogP contribution in [0, 0.1) is 6.92 Å². The zero-order valence-electron chi connectivity index (χ0n) is 17.4. The van der Waals surface area contributed by atoms with E-state index in [4.69, 9.17) is 27.9 Å². The van der Waals surface area contributed by atoms with E-state index >= 15 is 0 Å². The molecule has 0 fully saturated rings. The minimum Gasteiger partial charge on any atom is -0.487 e. The van der Waals surface area contributed by atoms with Crippen molar-refractivity contribution in [1.29, 1.82) is 0 Å². The molecular formula is C25H21Cl2N3O2. The Morgan fingerprint density at radius 3 is 2.56 bits per heavy atom. The number of benzene rings is 3. The van der Waals surface area contributed by atoms with Crippen LogP contribution in [0.3, 0.4) is 0 Å². The lowest BCUT2D eigenvalue weighted by molar-refractivity contribution is 0.102. The summed E-state index contributed by atoms with van der Waals surface area (Å²) in [4.78, 5) is 12.6. The van der Waals surface area contributed by atoms with Crippen LogP contribution in [0.4, 0.5) is 5.82 Å². The van der Waals surface area contributed by atoms with Crippen molar-refractivity contribution in [2.45, 2.75) is 20.1 Å². The molecule has 4 aromatic rings. The number of carbonyl (C=O) groups is 1. The minimum absolute atomic E-state index is 0.234. The summed E-state index contributed by atoms with van der Waals surface area (Å²) in [7, 11) is 0. The largest absolute Gasteiger partial charge is 0.487 e. The molecule has 1 N–H and O–H groups in total. The maximum Gasteiger partial charge on any atom is 0.256 e. The van der Waals surface area contributed by atoms with Crippen LogP contribution in [-0.2, 0) is 13.2 Å². The van der Waals surface area contributed by atoms with E-state index in [0.717, 1.165) is 16.7 Å². The Kier molecular flexibility index (Phi) is 6.78. The van der Waals surface area contributed by atoms with E-state index in [1.54, 1.807) is 29.1 Å². The molecule has 162 valence electrons. The van der Waals surface area contributed by atoms with Gasteiger partial charge in [-0.3, -0.25) is 9.48 Å². The van der Waals surface area contributed by atoms with Gasteiger partial charge in [0.1, 0.15) is 12.4 Å². The molecule has 32 heavy (non-hydrogen) atoms. The molecule has 0 aliphatic heterocycles. The Hall–Kier alpha value is -3.28. The predicted octanol–water partition coefficient (Wildman–Crippen LogP) is 6.38. The van der Waals surface area contributed by atoms with Crippen molar-refractivity contribution in [2.75, 3.05) is 5.32 Å². The number of ether oxygens (including phenoxy) is 1. The quantitative estimate of drug-likeness (QED) is 0.344. The smallest absolute Gasteiger partial charge is 0.256 e. The molecule has 0 saturated carbocycles. The number of aromatic nitrogens is 2. The van der Waals surface area contributed by atoms with Crippen LogP contribution in [0.5, 0.6) is 5.75 Å². The number of hydrogen-bond donors (Lipinski definition) is 1. The number of halogens is 2. The third-order valence-electron chi connectivity index (χ3n) is 4.87. The summed E-state index contributed by atoms with van der Waals surface area (Å²) in [5.74, 6) is 0.881. The minimum atomic E-state index is -0.234. The molecule has 0 aliphatic rings. The molecule has 0 bridgehead atoms. The van der Waals surface area contributed by atoms with Crippen molar-refractivity contribution in [3.05, 3.63) is 111 Å². The molecule has 0 radical (unpaired) electrons. The Balaban J connectivity index is 1.34. The number of nitrogens with one attached hydrogen (secondary N) is 1. The Morgan fingerprint density at radius 2 is 1.78 bits per heavy atom. The van der Waals surface area contributed by atoms with Crippen molar-refractivity contribution >= 4 is 34.9 Å². The van der Waals surface area contributed by atoms with E-state index in [1.807, 2.05) is 61.5 Å². The summed E-state index contributed by atoms with van der Waals surface area (Å²) in [6.45, 7) is 2.86. The van der Waals surface area contributed by atoms with E-state index in [1.165, 1.54) is 0 Å². The standard InChI is InChI=1S/C25H21Cl2N3O2/c1-17-6-11-22(27)23(14-17)32-16-18-7-9-19(10-8-18)25(31)28-24-12-13-30(29-24)15-20-4-2-3-5-21(20)26/h2-14H,15-16H2,1H3,(H,28,29,31). The van der Waals surface area contributed by atoms with Crippen molar-refractivity contribution in [3.63, 3.8) is 0 Å². The number of aryl methyl sites for hydroxylation is 1. The lowest BCUT2D eigenvalue weighted by Gasteiger charge is -2.09. The molecule has 1 amide bonds. The third-order valence-corrected chi connectivity index (χ3v) is 5.55. The fourth-order valence-electron chi connectivity index (χ4n) is 3.14. The van der Waals surface area contributed by atoms with Crippen LogP contribution in [-0.4, -0.2) is 15.7 Å². The maximum atomic E-state index is 12.6. The second-order valence-electron chi connectivity index (χ2n) is 7.36. The molecule has 5 nitrogen and oxygen atoms in total. The summed E-state index contributed by atoms with van der Waals surface area (Å²) in [6.07, 6.45) is 1.80. The van der Waals surface area contributed by atoms with E-state index in [9.17, 15) is 4.79 Å². The highest BCUT2D eigenvalue weighted by atomic mass is 35.5. The summed E-state index contributed by atoms with van der Waals surface area (Å²) in [5, 5.41) is 8.47. The Labute approximate surface area is 196 Å². The SMILES string of the molecule is Cc1ccc(Cl)c(OCc2ccc(C(=O)Nc3ccn(Cc4ccccc4Cl)n3)cc2)c1. The van der Waals surface area contributed by atoms with Crippen LogP contribution < -0.4 is 10.1 Å². The molecule has 1 heterocycles. The highest BCUT2D eigenvalue weighted by Crippen LogP contribution is 2.26. The highest BCUT2D eigenvalue weighted by molar-refractivity contribution is 6.32. The van der Waals surface area contributed by atoms with Crippen LogP contribution in [0.2, 0.25) is 10.0 Å². The van der Waals surface area contributed by atoms with Gasteiger partial charge < -0.3 is 10.1 Å². The van der Waals surface area contributed by atoms with Crippen LogP contribution in [0.25, 0.3) is 0 Å². The molecule has 0 unspecified atom stereocenters. The fraction of sp³-hybridized carbons (Fsp3) is 0.120. The third kappa shape index (κ3) is 5.49. The van der Waals surface area contributed by atoms with E-state index in [0.29, 0.717) is 40.3 Å². The number of rotatable bonds is 7. The number of anilines is 1. The number of nitrogens with zero attached hydrogens (tertiary/aromatic N) is 2. The van der Waals surface area contributed by atoms with Gasteiger partial charge in [0.2, 0.25) is 0 Å². The first kappa shape index (κ1) is 21.9. The van der Waals surface area contributed by atoms with Crippen molar-refractivity contribution in [1.82, 2.24) is 9.78 Å². The van der Waals surface area contributed by atoms with Crippen LogP contribution in [0.15, 0.2) is 79.0 Å².